The van der Waals surface area contributed by atoms with Crippen LogP contribution in [-0.4, -0.2) is 20.9 Å². The largest absolute Gasteiger partial charge is 0.416 e. The van der Waals surface area contributed by atoms with Crippen molar-refractivity contribution < 1.29 is 30.8 Å². The fraction of sp³-hybridized carbons (Fsp3) is 0.174. The third-order valence-corrected chi connectivity index (χ3v) is 7.00. The van der Waals surface area contributed by atoms with Crippen LogP contribution in [0.3, 0.4) is 0 Å². The molecule has 0 aromatic heterocycles. The van der Waals surface area contributed by atoms with E-state index in [1.54, 1.807) is 13.0 Å². The molecular weight excluding hydrogens is 496 g/mol. The van der Waals surface area contributed by atoms with E-state index in [0.717, 1.165) is 12.1 Å². The van der Waals surface area contributed by atoms with E-state index in [1.807, 2.05) is 0 Å². The topological polar surface area (TPSA) is 66.5 Å². The van der Waals surface area contributed by atoms with Crippen LogP contribution in [0.2, 0.25) is 5.02 Å². The minimum absolute atomic E-state index is 0.233. The molecule has 0 fully saturated rings. The Morgan fingerprint density at radius 1 is 1.03 bits per heavy atom. The van der Waals surface area contributed by atoms with Crippen LogP contribution in [0, 0.1) is 5.82 Å². The number of anilines is 1. The molecule has 34 heavy (non-hydrogen) atoms. The third-order valence-electron chi connectivity index (χ3n) is 4.91. The van der Waals surface area contributed by atoms with E-state index in [4.69, 9.17) is 11.6 Å². The zero-order chi connectivity index (χ0) is 25.1. The lowest BCUT2D eigenvalue weighted by atomic mass is 10.1. The van der Waals surface area contributed by atoms with Gasteiger partial charge in [0.2, 0.25) is 5.91 Å². The molecule has 0 saturated heterocycles. The third kappa shape index (κ3) is 5.87. The Labute approximate surface area is 199 Å². The number of rotatable bonds is 7. The standard InChI is InChI=1S/C23H19ClF4N2O3S/c1-15(16-7-10-18(25)11-8-16)29-22(31)14-30(34(32,33)19-5-3-2-4-6-19)21-13-17(23(26,27)28)9-12-20(21)24/h2-13,15H,14H2,1H3,(H,29,31)/t15-/m1/s1. The quantitative estimate of drug-likeness (QED) is 0.419. The molecule has 3 aromatic carbocycles. The average molecular weight is 515 g/mol. The van der Waals surface area contributed by atoms with Crippen molar-refractivity contribution in [1.82, 2.24) is 5.32 Å². The Bertz CT molecular complexity index is 1270. The molecule has 5 nitrogen and oxygen atoms in total. The van der Waals surface area contributed by atoms with Gasteiger partial charge < -0.3 is 5.32 Å². The summed E-state index contributed by atoms with van der Waals surface area (Å²) in [4.78, 5) is 12.6. The molecule has 1 N–H and O–H groups in total. The fourth-order valence-electron chi connectivity index (χ4n) is 3.15. The number of carbonyl (C=O) groups excluding carboxylic acids is 1. The van der Waals surface area contributed by atoms with E-state index in [1.165, 1.54) is 48.5 Å². The summed E-state index contributed by atoms with van der Waals surface area (Å²) in [6.07, 6.45) is -4.76. The Kier molecular flexibility index (Phi) is 7.52. The molecule has 0 aliphatic rings. The van der Waals surface area contributed by atoms with Crippen molar-refractivity contribution in [3.05, 3.63) is 94.8 Å². The Morgan fingerprint density at radius 2 is 1.65 bits per heavy atom. The number of nitrogens with zero attached hydrogens (tertiary/aromatic N) is 1. The van der Waals surface area contributed by atoms with Gasteiger partial charge in [0, 0.05) is 0 Å². The number of halogens is 5. The number of hydrogen-bond donors (Lipinski definition) is 1. The molecule has 0 heterocycles. The van der Waals surface area contributed by atoms with Crippen molar-refractivity contribution >= 4 is 33.2 Å². The second-order valence-corrected chi connectivity index (χ2v) is 9.60. The predicted molar refractivity (Wildman–Crippen MR) is 120 cm³/mol. The summed E-state index contributed by atoms with van der Waals surface area (Å²) in [5.41, 5.74) is -1.07. The molecule has 3 aromatic rings. The Hall–Kier alpha value is -3.11. The first-order valence-corrected chi connectivity index (χ1v) is 11.7. The summed E-state index contributed by atoms with van der Waals surface area (Å²) in [6, 6.07) is 13.8. The van der Waals surface area contributed by atoms with E-state index in [0.29, 0.717) is 15.9 Å². The normalized spacial score (nSPS) is 12.8. The molecule has 180 valence electrons. The number of alkyl halides is 3. The van der Waals surface area contributed by atoms with Gasteiger partial charge in [-0.2, -0.15) is 13.2 Å². The molecule has 3 rings (SSSR count). The van der Waals surface area contributed by atoms with Gasteiger partial charge in [-0.25, -0.2) is 12.8 Å². The lowest BCUT2D eigenvalue weighted by Gasteiger charge is -2.26. The van der Waals surface area contributed by atoms with Crippen molar-refractivity contribution in [2.24, 2.45) is 0 Å². The number of sulfonamides is 1. The maximum atomic E-state index is 13.3. The molecule has 0 unspecified atom stereocenters. The van der Waals surface area contributed by atoms with Crippen molar-refractivity contribution in [3.63, 3.8) is 0 Å². The summed E-state index contributed by atoms with van der Waals surface area (Å²) in [7, 11) is -4.47. The van der Waals surface area contributed by atoms with Crippen LogP contribution in [0.5, 0.6) is 0 Å². The summed E-state index contributed by atoms with van der Waals surface area (Å²) >= 11 is 6.09. The Balaban J connectivity index is 1.99. The van der Waals surface area contributed by atoms with Crippen molar-refractivity contribution in [3.8, 4) is 0 Å². The highest BCUT2D eigenvalue weighted by Crippen LogP contribution is 2.37. The van der Waals surface area contributed by atoms with Gasteiger partial charge in [-0.05, 0) is 55.0 Å². The summed E-state index contributed by atoms with van der Waals surface area (Å²) in [5.74, 6) is -1.27. The van der Waals surface area contributed by atoms with Gasteiger partial charge >= 0.3 is 6.18 Å². The van der Waals surface area contributed by atoms with Crippen LogP contribution >= 0.6 is 11.6 Å². The van der Waals surface area contributed by atoms with Crippen LogP contribution in [0.15, 0.2) is 77.7 Å². The average Bonchev–Trinajstić information content (AvgIpc) is 2.78. The van der Waals surface area contributed by atoms with Crippen molar-refractivity contribution in [2.45, 2.75) is 24.0 Å². The maximum absolute atomic E-state index is 13.3. The molecule has 11 heteroatoms. The molecule has 0 spiro atoms. The molecule has 1 amide bonds. The second-order valence-electron chi connectivity index (χ2n) is 7.33. The second kappa shape index (κ2) is 10.0. The highest BCUT2D eigenvalue weighted by atomic mass is 35.5. The van der Waals surface area contributed by atoms with Crippen LogP contribution in [0.4, 0.5) is 23.2 Å². The van der Waals surface area contributed by atoms with E-state index < -0.39 is 51.8 Å². The maximum Gasteiger partial charge on any atom is 0.416 e. The number of benzene rings is 3. The van der Waals surface area contributed by atoms with Crippen molar-refractivity contribution in [2.75, 3.05) is 10.8 Å². The monoisotopic (exact) mass is 514 g/mol. The molecule has 0 saturated carbocycles. The first kappa shape index (κ1) is 25.5. The first-order valence-electron chi connectivity index (χ1n) is 9.89. The van der Waals surface area contributed by atoms with Gasteiger partial charge in [0.15, 0.2) is 0 Å². The van der Waals surface area contributed by atoms with E-state index >= 15 is 0 Å². The fourth-order valence-corrected chi connectivity index (χ4v) is 4.87. The summed E-state index contributed by atoms with van der Waals surface area (Å²) in [6.45, 7) is 0.752. The van der Waals surface area contributed by atoms with Crippen LogP contribution in [0.25, 0.3) is 0 Å². The molecule has 0 aliphatic heterocycles. The number of hydrogen-bond acceptors (Lipinski definition) is 3. The van der Waals surface area contributed by atoms with Gasteiger partial charge in [0.25, 0.3) is 10.0 Å². The SMILES string of the molecule is C[C@@H](NC(=O)CN(c1cc(C(F)(F)F)ccc1Cl)S(=O)(=O)c1ccccc1)c1ccc(F)cc1. The number of nitrogens with one attached hydrogen (secondary N) is 1. The minimum Gasteiger partial charge on any atom is -0.348 e. The minimum atomic E-state index is -4.76. The predicted octanol–water partition coefficient (Wildman–Crippen LogP) is 5.57. The molecule has 0 bridgehead atoms. The van der Waals surface area contributed by atoms with E-state index in [-0.39, 0.29) is 9.92 Å². The van der Waals surface area contributed by atoms with Gasteiger partial charge in [0.05, 0.1) is 27.2 Å². The zero-order valence-electron chi connectivity index (χ0n) is 17.7. The summed E-state index contributed by atoms with van der Waals surface area (Å²) < 4.78 is 80.3. The van der Waals surface area contributed by atoms with Crippen LogP contribution in [-0.2, 0) is 21.0 Å². The van der Waals surface area contributed by atoms with Gasteiger partial charge in [0.1, 0.15) is 12.4 Å². The number of amides is 1. The highest BCUT2D eigenvalue weighted by Gasteiger charge is 2.34. The van der Waals surface area contributed by atoms with Crippen LogP contribution in [0.1, 0.15) is 24.1 Å². The molecular formula is C23H19ClF4N2O3S. The van der Waals surface area contributed by atoms with Gasteiger partial charge in [-0.3, -0.25) is 9.10 Å². The highest BCUT2D eigenvalue weighted by molar-refractivity contribution is 7.92. The number of carbonyl (C=O) groups is 1. The lowest BCUT2D eigenvalue weighted by molar-refractivity contribution is -0.137. The Morgan fingerprint density at radius 3 is 2.24 bits per heavy atom. The lowest BCUT2D eigenvalue weighted by Crippen LogP contribution is -2.41. The first-order chi connectivity index (χ1) is 15.9. The zero-order valence-corrected chi connectivity index (χ0v) is 19.3. The molecule has 1 atom stereocenters. The van der Waals surface area contributed by atoms with E-state index in [2.05, 4.69) is 5.32 Å². The summed E-state index contributed by atoms with van der Waals surface area (Å²) in [5, 5.41) is 2.29. The molecule has 0 aliphatic carbocycles. The van der Waals surface area contributed by atoms with Crippen LogP contribution < -0.4 is 9.62 Å². The van der Waals surface area contributed by atoms with Crippen molar-refractivity contribution in [1.29, 1.82) is 0 Å². The molecule has 0 radical (unpaired) electrons. The van der Waals surface area contributed by atoms with Gasteiger partial charge in [-0.15, -0.1) is 0 Å². The smallest absolute Gasteiger partial charge is 0.348 e. The van der Waals surface area contributed by atoms with E-state index in [9.17, 15) is 30.8 Å². The van der Waals surface area contributed by atoms with Gasteiger partial charge in [-0.1, -0.05) is 41.9 Å².